The summed E-state index contributed by atoms with van der Waals surface area (Å²) in [5.74, 6) is -0.368. The maximum absolute atomic E-state index is 13.3. The predicted molar refractivity (Wildman–Crippen MR) is 69.4 cm³/mol. The molecule has 2 heterocycles. The van der Waals surface area contributed by atoms with Crippen LogP contribution in [0.5, 0.6) is 5.88 Å². The lowest BCUT2D eigenvalue weighted by Gasteiger charge is -2.18. The van der Waals surface area contributed by atoms with Gasteiger partial charge >= 0.3 is 6.18 Å². The number of pyridine rings is 1. The van der Waals surface area contributed by atoms with Gasteiger partial charge in [0.05, 0.1) is 19.0 Å². The first-order chi connectivity index (χ1) is 9.84. The van der Waals surface area contributed by atoms with Gasteiger partial charge in [-0.05, 0) is 18.9 Å². The van der Waals surface area contributed by atoms with Crippen LogP contribution in [0.15, 0.2) is 18.5 Å². The van der Waals surface area contributed by atoms with E-state index >= 15 is 0 Å². The van der Waals surface area contributed by atoms with Gasteiger partial charge in [-0.1, -0.05) is 13.8 Å². The Morgan fingerprint density at radius 3 is 2.33 bits per heavy atom. The van der Waals surface area contributed by atoms with Crippen molar-refractivity contribution in [2.24, 2.45) is 0 Å². The van der Waals surface area contributed by atoms with E-state index in [0.29, 0.717) is 12.2 Å². The zero-order chi connectivity index (χ0) is 15.6. The monoisotopic (exact) mass is 300 g/mol. The van der Waals surface area contributed by atoms with Gasteiger partial charge in [0, 0.05) is 5.56 Å². The molecule has 0 amide bonds. The minimum absolute atomic E-state index is 0.153. The van der Waals surface area contributed by atoms with Gasteiger partial charge in [0.25, 0.3) is 0 Å². The van der Waals surface area contributed by atoms with Crippen molar-refractivity contribution in [1.29, 1.82) is 0 Å². The van der Waals surface area contributed by atoms with Crippen LogP contribution in [0, 0.1) is 0 Å². The molecule has 21 heavy (non-hydrogen) atoms. The van der Waals surface area contributed by atoms with E-state index < -0.39 is 11.7 Å². The lowest BCUT2D eigenvalue weighted by atomic mass is 10.0. The molecule has 0 aliphatic heterocycles. The highest BCUT2D eigenvalue weighted by Gasteiger charge is 2.37. The Morgan fingerprint density at radius 2 is 1.86 bits per heavy atom. The maximum atomic E-state index is 13.3. The quantitative estimate of drug-likeness (QED) is 0.870. The molecule has 114 valence electrons. The lowest BCUT2D eigenvalue weighted by Crippen LogP contribution is -2.16. The summed E-state index contributed by atoms with van der Waals surface area (Å²) >= 11 is 0. The van der Waals surface area contributed by atoms with Gasteiger partial charge in [-0.25, -0.2) is 0 Å². The number of alkyl halides is 3. The summed E-state index contributed by atoms with van der Waals surface area (Å²) in [7, 11) is 0. The zero-order valence-corrected chi connectivity index (χ0v) is 11.8. The van der Waals surface area contributed by atoms with Gasteiger partial charge in [0.15, 0.2) is 5.82 Å². The van der Waals surface area contributed by atoms with Crippen LogP contribution < -0.4 is 4.74 Å². The molecular weight excluding hydrogens is 285 g/mol. The summed E-state index contributed by atoms with van der Waals surface area (Å²) in [6.07, 6.45) is -1.97. The summed E-state index contributed by atoms with van der Waals surface area (Å²) < 4.78 is 45.1. The molecule has 0 fully saturated rings. The van der Waals surface area contributed by atoms with Crippen molar-refractivity contribution in [2.75, 3.05) is 6.61 Å². The molecule has 0 aromatic carbocycles. The Balaban J connectivity index is 2.69. The normalized spacial score (nSPS) is 12.0. The molecule has 0 atom stereocenters. The van der Waals surface area contributed by atoms with Crippen LogP contribution in [-0.2, 0) is 6.18 Å². The number of halogens is 3. The Kier molecular flexibility index (Phi) is 4.15. The summed E-state index contributed by atoms with van der Waals surface area (Å²) in [6.45, 7) is 5.62. The van der Waals surface area contributed by atoms with Crippen molar-refractivity contribution < 1.29 is 17.9 Å². The Morgan fingerprint density at radius 1 is 1.24 bits per heavy atom. The van der Waals surface area contributed by atoms with E-state index in [1.807, 2.05) is 0 Å². The molecule has 0 aliphatic rings. The second-order valence-corrected chi connectivity index (χ2v) is 4.66. The minimum atomic E-state index is -4.55. The fraction of sp³-hybridized carbons (Fsp3) is 0.462. The zero-order valence-electron chi connectivity index (χ0n) is 11.8. The standard InChI is InChI=1S/C13H15F3N4O/c1-4-21-12-9(8(2)3)7-10(13(14,15)16)11(19-12)20-17-5-6-18-20/h5-8H,4H2,1-3H3. The van der Waals surface area contributed by atoms with Crippen LogP contribution in [-0.4, -0.2) is 26.6 Å². The molecule has 0 radical (unpaired) electrons. The van der Waals surface area contributed by atoms with Crippen LogP contribution in [0.2, 0.25) is 0 Å². The summed E-state index contributed by atoms with van der Waals surface area (Å²) in [5, 5.41) is 7.45. The molecule has 0 spiro atoms. The average molecular weight is 300 g/mol. The van der Waals surface area contributed by atoms with Crippen LogP contribution in [0.3, 0.4) is 0 Å². The van der Waals surface area contributed by atoms with Crippen molar-refractivity contribution in [1.82, 2.24) is 20.0 Å². The second kappa shape index (κ2) is 5.71. The van der Waals surface area contributed by atoms with E-state index in [4.69, 9.17) is 4.74 Å². The van der Waals surface area contributed by atoms with E-state index in [9.17, 15) is 13.2 Å². The predicted octanol–water partition coefficient (Wildman–Crippen LogP) is 3.20. The summed E-state index contributed by atoms with van der Waals surface area (Å²) in [5.41, 5.74) is -0.481. The summed E-state index contributed by atoms with van der Waals surface area (Å²) in [4.78, 5) is 4.83. The highest BCUT2D eigenvalue weighted by molar-refractivity contribution is 5.44. The third kappa shape index (κ3) is 3.14. The molecule has 2 aromatic rings. The van der Waals surface area contributed by atoms with E-state index in [1.54, 1.807) is 20.8 Å². The van der Waals surface area contributed by atoms with Crippen molar-refractivity contribution in [3.63, 3.8) is 0 Å². The van der Waals surface area contributed by atoms with Crippen molar-refractivity contribution in [3.8, 4) is 11.7 Å². The molecular formula is C13H15F3N4O. The van der Waals surface area contributed by atoms with E-state index in [-0.39, 0.29) is 17.6 Å². The fourth-order valence-electron chi connectivity index (χ4n) is 1.85. The molecule has 8 heteroatoms. The Hall–Kier alpha value is -2.12. The largest absolute Gasteiger partial charge is 0.478 e. The first-order valence-corrected chi connectivity index (χ1v) is 6.46. The number of nitrogens with zero attached hydrogens (tertiary/aromatic N) is 4. The van der Waals surface area contributed by atoms with Crippen molar-refractivity contribution >= 4 is 0 Å². The van der Waals surface area contributed by atoms with E-state index in [2.05, 4.69) is 15.2 Å². The SMILES string of the molecule is CCOc1nc(-n2nccn2)c(C(F)(F)F)cc1C(C)C. The molecule has 0 saturated heterocycles. The van der Waals surface area contributed by atoms with E-state index in [0.717, 1.165) is 10.9 Å². The third-order valence-electron chi connectivity index (χ3n) is 2.81. The number of ether oxygens (including phenoxy) is 1. The van der Waals surface area contributed by atoms with Crippen molar-refractivity contribution in [2.45, 2.75) is 32.9 Å². The average Bonchev–Trinajstić information content (AvgIpc) is 2.90. The van der Waals surface area contributed by atoms with Crippen LogP contribution in [0.25, 0.3) is 5.82 Å². The topological polar surface area (TPSA) is 52.8 Å². The first kappa shape index (κ1) is 15.3. The minimum Gasteiger partial charge on any atom is -0.478 e. The first-order valence-electron chi connectivity index (χ1n) is 6.46. The lowest BCUT2D eigenvalue weighted by molar-refractivity contribution is -0.137. The fourth-order valence-corrected chi connectivity index (χ4v) is 1.85. The highest BCUT2D eigenvalue weighted by atomic mass is 19.4. The highest BCUT2D eigenvalue weighted by Crippen LogP contribution is 2.37. The molecule has 0 unspecified atom stereocenters. The summed E-state index contributed by atoms with van der Waals surface area (Å²) in [6, 6.07) is 1.06. The molecule has 0 saturated carbocycles. The Bertz CT molecular complexity index is 609. The molecule has 0 bridgehead atoms. The van der Waals surface area contributed by atoms with Crippen LogP contribution in [0.4, 0.5) is 13.2 Å². The van der Waals surface area contributed by atoms with E-state index in [1.165, 1.54) is 12.4 Å². The number of hydrogen-bond donors (Lipinski definition) is 0. The number of rotatable bonds is 4. The van der Waals surface area contributed by atoms with Crippen molar-refractivity contribution in [3.05, 3.63) is 29.6 Å². The second-order valence-electron chi connectivity index (χ2n) is 4.66. The Labute approximate surface area is 119 Å². The maximum Gasteiger partial charge on any atom is 0.420 e. The smallest absolute Gasteiger partial charge is 0.420 e. The van der Waals surface area contributed by atoms with Gasteiger partial charge in [-0.2, -0.15) is 28.4 Å². The number of hydrogen-bond acceptors (Lipinski definition) is 4. The molecule has 0 aliphatic carbocycles. The van der Waals surface area contributed by atoms with Gasteiger partial charge in [-0.3, -0.25) is 0 Å². The molecule has 0 N–H and O–H groups in total. The van der Waals surface area contributed by atoms with Crippen LogP contribution >= 0.6 is 0 Å². The molecule has 5 nitrogen and oxygen atoms in total. The van der Waals surface area contributed by atoms with Gasteiger partial charge < -0.3 is 4.74 Å². The van der Waals surface area contributed by atoms with Gasteiger partial charge in [0.2, 0.25) is 5.88 Å². The third-order valence-corrected chi connectivity index (χ3v) is 2.81. The van der Waals surface area contributed by atoms with Crippen LogP contribution in [0.1, 0.15) is 37.8 Å². The molecule has 2 aromatic heterocycles. The van der Waals surface area contributed by atoms with Gasteiger partial charge in [-0.15, -0.1) is 4.80 Å². The van der Waals surface area contributed by atoms with Gasteiger partial charge in [0.1, 0.15) is 5.56 Å². The number of aromatic nitrogens is 4. The molecule has 2 rings (SSSR count).